The van der Waals surface area contributed by atoms with Crippen LogP contribution in [0.5, 0.6) is 5.75 Å². The molecule has 176 valence electrons. The predicted molar refractivity (Wildman–Crippen MR) is 118 cm³/mol. The summed E-state index contributed by atoms with van der Waals surface area (Å²) in [6.45, 7) is -1.45. The minimum Gasteiger partial charge on any atom is -0.465 e. The van der Waals surface area contributed by atoms with Crippen molar-refractivity contribution in [3.63, 3.8) is 0 Å². The second-order valence-corrected chi connectivity index (χ2v) is 8.42. The Kier molecular flexibility index (Phi) is 6.29. The van der Waals surface area contributed by atoms with Gasteiger partial charge < -0.3 is 14.8 Å². The van der Waals surface area contributed by atoms with Crippen LogP contribution in [-0.2, 0) is 21.6 Å². The number of rotatable bonds is 7. The van der Waals surface area contributed by atoms with Gasteiger partial charge in [-0.25, -0.2) is 14.6 Å². The largest absolute Gasteiger partial charge is 0.465 e. The van der Waals surface area contributed by atoms with Crippen molar-refractivity contribution in [2.45, 2.75) is 25.6 Å². The SMILES string of the molecule is COC(=O)c1ccc(-c2nc(CN3C(=O)NC(C)(c4ccc(OC(F)F)cc4)C3=O)cs2)cc1. The van der Waals surface area contributed by atoms with Crippen LogP contribution in [0.1, 0.15) is 28.5 Å². The fourth-order valence-corrected chi connectivity index (χ4v) is 4.36. The van der Waals surface area contributed by atoms with E-state index in [1.807, 2.05) is 0 Å². The molecule has 2 heterocycles. The molecule has 1 saturated heterocycles. The van der Waals surface area contributed by atoms with E-state index in [1.54, 1.807) is 36.6 Å². The van der Waals surface area contributed by atoms with Gasteiger partial charge in [0, 0.05) is 10.9 Å². The average Bonchev–Trinajstić information content (AvgIpc) is 3.38. The lowest BCUT2D eigenvalue weighted by Gasteiger charge is -2.22. The molecule has 4 rings (SSSR count). The third-order valence-electron chi connectivity index (χ3n) is 5.36. The summed E-state index contributed by atoms with van der Waals surface area (Å²) in [6, 6.07) is 11.7. The van der Waals surface area contributed by atoms with Gasteiger partial charge in [-0.15, -0.1) is 11.3 Å². The maximum Gasteiger partial charge on any atom is 0.387 e. The maximum absolute atomic E-state index is 13.1. The number of hydrogen-bond acceptors (Lipinski definition) is 7. The van der Waals surface area contributed by atoms with Gasteiger partial charge in [0.15, 0.2) is 0 Å². The number of benzene rings is 2. The molecule has 8 nitrogen and oxygen atoms in total. The number of carbonyl (C=O) groups excluding carboxylic acids is 3. The molecule has 0 saturated carbocycles. The molecule has 0 radical (unpaired) electrons. The quantitative estimate of drug-likeness (QED) is 0.397. The van der Waals surface area contributed by atoms with Crippen LogP contribution in [0, 0.1) is 0 Å². The smallest absolute Gasteiger partial charge is 0.387 e. The molecular weight excluding hydrogens is 468 g/mol. The lowest BCUT2D eigenvalue weighted by Crippen LogP contribution is -2.40. The number of urea groups is 1. The summed E-state index contributed by atoms with van der Waals surface area (Å²) in [5.41, 5.74) is 0.779. The van der Waals surface area contributed by atoms with E-state index in [4.69, 9.17) is 0 Å². The highest BCUT2D eigenvalue weighted by Gasteiger charge is 2.49. The van der Waals surface area contributed by atoms with Crippen molar-refractivity contribution in [2.24, 2.45) is 0 Å². The van der Waals surface area contributed by atoms with Crippen molar-refractivity contribution in [3.8, 4) is 16.3 Å². The van der Waals surface area contributed by atoms with Crippen LogP contribution < -0.4 is 10.1 Å². The number of amides is 3. The van der Waals surface area contributed by atoms with Gasteiger partial charge in [-0.2, -0.15) is 8.78 Å². The fraction of sp³-hybridized carbons (Fsp3) is 0.217. The maximum atomic E-state index is 13.1. The summed E-state index contributed by atoms with van der Waals surface area (Å²) >= 11 is 1.34. The standard InChI is InChI=1S/C23H19F2N3O5S/c1-23(15-7-9-17(10-8-15)33-21(24)25)20(30)28(22(31)27-23)11-16-12-34-18(26-16)13-3-5-14(6-4-13)19(29)32-2/h3-10,12,21H,11H2,1-2H3,(H,27,31). The van der Waals surface area contributed by atoms with Crippen LogP contribution >= 0.6 is 11.3 Å². The number of aromatic nitrogens is 1. The van der Waals surface area contributed by atoms with Gasteiger partial charge in [-0.05, 0) is 36.8 Å². The Bertz CT molecular complexity index is 1230. The fourth-order valence-electron chi connectivity index (χ4n) is 3.55. The van der Waals surface area contributed by atoms with Gasteiger partial charge in [0.2, 0.25) is 0 Å². The number of alkyl halides is 2. The number of halogens is 2. The van der Waals surface area contributed by atoms with Crippen molar-refractivity contribution in [1.82, 2.24) is 15.2 Å². The number of hydrogen-bond donors (Lipinski definition) is 1. The topological polar surface area (TPSA) is 97.8 Å². The molecule has 11 heteroatoms. The zero-order valence-electron chi connectivity index (χ0n) is 18.1. The predicted octanol–water partition coefficient (Wildman–Crippen LogP) is 4.17. The Hall–Kier alpha value is -3.86. The number of ether oxygens (including phenoxy) is 2. The average molecular weight is 487 g/mol. The van der Waals surface area contributed by atoms with Gasteiger partial charge >= 0.3 is 18.6 Å². The molecule has 3 aromatic rings. The number of nitrogens with one attached hydrogen (secondary N) is 1. The third kappa shape index (κ3) is 4.46. The summed E-state index contributed by atoms with van der Waals surface area (Å²) in [4.78, 5) is 42.9. The van der Waals surface area contributed by atoms with Crippen LogP contribution in [-0.4, -0.2) is 41.5 Å². The van der Waals surface area contributed by atoms with Gasteiger partial charge in [-0.3, -0.25) is 9.69 Å². The molecule has 0 bridgehead atoms. The molecule has 1 unspecified atom stereocenters. The second-order valence-electron chi connectivity index (χ2n) is 7.56. The van der Waals surface area contributed by atoms with Crippen LogP contribution in [0.15, 0.2) is 53.9 Å². The normalized spacial score (nSPS) is 17.7. The van der Waals surface area contributed by atoms with Crippen LogP contribution in [0.25, 0.3) is 10.6 Å². The Labute approximate surface area is 197 Å². The van der Waals surface area contributed by atoms with Crippen molar-refractivity contribution >= 4 is 29.2 Å². The summed E-state index contributed by atoms with van der Waals surface area (Å²) in [5.74, 6) is -0.980. The first-order valence-corrected chi connectivity index (χ1v) is 10.9. The molecule has 1 aliphatic rings. The molecule has 1 aromatic heterocycles. The molecule has 1 N–H and O–H groups in total. The molecule has 0 aliphatic carbocycles. The van der Waals surface area contributed by atoms with E-state index in [9.17, 15) is 23.2 Å². The van der Waals surface area contributed by atoms with Crippen molar-refractivity contribution < 1.29 is 32.6 Å². The summed E-state index contributed by atoms with van der Waals surface area (Å²) < 4.78 is 33.8. The molecule has 1 aliphatic heterocycles. The number of esters is 1. The van der Waals surface area contributed by atoms with E-state index < -0.39 is 30.1 Å². The third-order valence-corrected chi connectivity index (χ3v) is 6.30. The van der Waals surface area contributed by atoms with Crippen molar-refractivity contribution in [2.75, 3.05) is 7.11 Å². The number of methoxy groups -OCH3 is 1. The first kappa shape index (κ1) is 23.3. The van der Waals surface area contributed by atoms with Crippen molar-refractivity contribution in [1.29, 1.82) is 0 Å². The molecule has 2 aromatic carbocycles. The molecule has 34 heavy (non-hydrogen) atoms. The number of thiazole rings is 1. The second kappa shape index (κ2) is 9.18. The number of imide groups is 1. The Morgan fingerprint density at radius 3 is 2.44 bits per heavy atom. The molecule has 1 fully saturated rings. The van der Waals surface area contributed by atoms with E-state index in [1.165, 1.54) is 42.7 Å². The van der Waals surface area contributed by atoms with Crippen molar-refractivity contribution in [3.05, 3.63) is 70.7 Å². The zero-order valence-corrected chi connectivity index (χ0v) is 18.9. The van der Waals surface area contributed by atoms with Gasteiger partial charge in [0.25, 0.3) is 5.91 Å². The van der Waals surface area contributed by atoms with E-state index in [0.29, 0.717) is 21.8 Å². The van der Waals surface area contributed by atoms with E-state index >= 15 is 0 Å². The molecule has 0 spiro atoms. The molecule has 1 atom stereocenters. The number of nitrogens with zero attached hydrogens (tertiary/aromatic N) is 2. The van der Waals surface area contributed by atoms with E-state index in [2.05, 4.69) is 19.8 Å². The summed E-state index contributed by atoms with van der Waals surface area (Å²) in [6.07, 6.45) is 0. The monoisotopic (exact) mass is 487 g/mol. The summed E-state index contributed by atoms with van der Waals surface area (Å²) in [7, 11) is 1.31. The molecular formula is C23H19F2N3O5S. The van der Waals surface area contributed by atoms with E-state index in [-0.39, 0.29) is 12.3 Å². The minimum atomic E-state index is -2.96. The van der Waals surface area contributed by atoms with Crippen LogP contribution in [0.3, 0.4) is 0 Å². The van der Waals surface area contributed by atoms with Crippen LogP contribution in [0.4, 0.5) is 13.6 Å². The number of carbonyl (C=O) groups is 3. The minimum absolute atomic E-state index is 0.0381. The Morgan fingerprint density at radius 2 is 1.82 bits per heavy atom. The van der Waals surface area contributed by atoms with Crippen LogP contribution in [0.2, 0.25) is 0 Å². The van der Waals surface area contributed by atoms with Gasteiger partial charge in [0.05, 0.1) is 24.9 Å². The first-order chi connectivity index (χ1) is 16.2. The highest BCUT2D eigenvalue weighted by molar-refractivity contribution is 7.13. The zero-order chi connectivity index (χ0) is 24.5. The summed E-state index contributed by atoms with van der Waals surface area (Å²) in [5, 5.41) is 5.08. The Balaban J connectivity index is 1.49. The lowest BCUT2D eigenvalue weighted by atomic mass is 9.92. The highest BCUT2D eigenvalue weighted by Crippen LogP contribution is 2.32. The Morgan fingerprint density at radius 1 is 1.15 bits per heavy atom. The van der Waals surface area contributed by atoms with E-state index in [0.717, 1.165) is 10.5 Å². The van der Waals surface area contributed by atoms with Gasteiger partial charge in [-0.1, -0.05) is 24.3 Å². The lowest BCUT2D eigenvalue weighted by molar-refractivity contribution is -0.131. The molecule has 3 amide bonds. The first-order valence-electron chi connectivity index (χ1n) is 10.0. The highest BCUT2D eigenvalue weighted by atomic mass is 32.1. The van der Waals surface area contributed by atoms with Gasteiger partial charge in [0.1, 0.15) is 16.3 Å².